The maximum atomic E-state index is 10.7. The number of hydrogen-bond acceptors (Lipinski definition) is 2. The van der Waals surface area contributed by atoms with Crippen LogP contribution in [0.4, 0.5) is 0 Å². The van der Waals surface area contributed by atoms with Crippen molar-refractivity contribution in [3.8, 4) is 0 Å². The minimum Gasteiger partial charge on any atom is -0.423 e. The molecule has 2 aromatic rings. The zero-order valence-electron chi connectivity index (χ0n) is 8.49. The van der Waals surface area contributed by atoms with Gasteiger partial charge in [-0.3, -0.25) is 0 Å². The van der Waals surface area contributed by atoms with Gasteiger partial charge in [0.2, 0.25) is 0 Å². The third kappa shape index (κ3) is 2.73. The standard InChI is InChI=1S/C9H6O2.C3H8/c10-9-6-5-7-3-1-2-4-8(7)11-9;1-3-2/h1-6H;3H2,1-2H3. The van der Waals surface area contributed by atoms with Crippen molar-refractivity contribution in [2.45, 2.75) is 20.3 Å². The topological polar surface area (TPSA) is 30.2 Å². The van der Waals surface area contributed by atoms with Crippen LogP contribution in [0, 0.1) is 0 Å². The maximum absolute atomic E-state index is 10.7. The van der Waals surface area contributed by atoms with Crippen LogP contribution in [0.2, 0.25) is 0 Å². The summed E-state index contributed by atoms with van der Waals surface area (Å²) in [5.74, 6) is 0. The average Bonchev–Trinajstić information content (AvgIpc) is 2.19. The third-order valence-electron chi connectivity index (χ3n) is 1.53. The SMILES string of the molecule is CCC.O=c1ccc2ccccc2o1. The van der Waals surface area contributed by atoms with Crippen LogP contribution >= 0.6 is 0 Å². The zero-order valence-corrected chi connectivity index (χ0v) is 8.49. The van der Waals surface area contributed by atoms with Crippen LogP contribution in [-0.2, 0) is 0 Å². The first-order valence-electron chi connectivity index (χ1n) is 4.76. The molecule has 0 amide bonds. The van der Waals surface area contributed by atoms with E-state index in [0.717, 1.165) is 5.39 Å². The van der Waals surface area contributed by atoms with Crippen molar-refractivity contribution in [2.75, 3.05) is 0 Å². The van der Waals surface area contributed by atoms with Gasteiger partial charge >= 0.3 is 5.63 Å². The lowest BCUT2D eigenvalue weighted by Gasteiger charge is -1.91. The summed E-state index contributed by atoms with van der Waals surface area (Å²) in [5.41, 5.74) is 0.337. The van der Waals surface area contributed by atoms with Crippen molar-refractivity contribution in [1.29, 1.82) is 0 Å². The predicted octanol–water partition coefficient (Wildman–Crippen LogP) is 3.21. The van der Waals surface area contributed by atoms with Crippen molar-refractivity contribution in [1.82, 2.24) is 0 Å². The second-order valence-corrected chi connectivity index (χ2v) is 3.00. The van der Waals surface area contributed by atoms with Gasteiger partial charge < -0.3 is 4.42 Å². The Morgan fingerprint density at radius 1 is 1.07 bits per heavy atom. The molecule has 1 aromatic carbocycles. The monoisotopic (exact) mass is 190 g/mol. The first kappa shape index (κ1) is 10.5. The van der Waals surface area contributed by atoms with Gasteiger partial charge in [0.1, 0.15) is 5.58 Å². The molecule has 1 aromatic heterocycles. The summed E-state index contributed by atoms with van der Waals surface area (Å²) in [4.78, 5) is 10.7. The molecule has 0 saturated carbocycles. The molecule has 0 aliphatic carbocycles. The molecule has 14 heavy (non-hydrogen) atoms. The fourth-order valence-corrected chi connectivity index (χ4v) is 1.01. The van der Waals surface area contributed by atoms with Gasteiger partial charge in [0.05, 0.1) is 0 Å². The molecule has 0 radical (unpaired) electrons. The molecule has 0 aliphatic rings. The van der Waals surface area contributed by atoms with E-state index < -0.39 is 0 Å². The molecule has 0 spiro atoms. The van der Waals surface area contributed by atoms with E-state index in [2.05, 4.69) is 13.8 Å². The predicted molar refractivity (Wildman–Crippen MR) is 58.4 cm³/mol. The second kappa shape index (κ2) is 5.22. The first-order valence-corrected chi connectivity index (χ1v) is 4.76. The van der Waals surface area contributed by atoms with Crippen LogP contribution in [0.5, 0.6) is 0 Å². The summed E-state index contributed by atoms with van der Waals surface area (Å²) in [6.45, 7) is 4.25. The van der Waals surface area contributed by atoms with E-state index in [9.17, 15) is 4.79 Å². The van der Waals surface area contributed by atoms with Crippen LogP contribution in [0.3, 0.4) is 0 Å². The van der Waals surface area contributed by atoms with Crippen LogP contribution in [0.1, 0.15) is 20.3 Å². The van der Waals surface area contributed by atoms with E-state index in [-0.39, 0.29) is 5.63 Å². The molecule has 0 fully saturated rings. The van der Waals surface area contributed by atoms with Crippen LogP contribution in [0.15, 0.2) is 45.6 Å². The van der Waals surface area contributed by atoms with E-state index in [0.29, 0.717) is 5.58 Å². The minimum atomic E-state index is -0.302. The molecule has 0 bridgehead atoms. The minimum absolute atomic E-state index is 0.302. The van der Waals surface area contributed by atoms with E-state index in [1.54, 1.807) is 12.1 Å². The van der Waals surface area contributed by atoms with E-state index >= 15 is 0 Å². The molecule has 74 valence electrons. The number of hydrogen-bond donors (Lipinski definition) is 0. The van der Waals surface area contributed by atoms with Gasteiger partial charge in [0.15, 0.2) is 0 Å². The van der Waals surface area contributed by atoms with Gasteiger partial charge in [-0.1, -0.05) is 38.5 Å². The first-order chi connectivity index (χ1) is 6.77. The molecule has 2 heteroatoms. The second-order valence-electron chi connectivity index (χ2n) is 3.00. The highest BCUT2D eigenvalue weighted by molar-refractivity contribution is 5.75. The van der Waals surface area contributed by atoms with Gasteiger partial charge in [-0.05, 0) is 12.1 Å². The fourth-order valence-electron chi connectivity index (χ4n) is 1.01. The average molecular weight is 190 g/mol. The van der Waals surface area contributed by atoms with Crippen molar-refractivity contribution in [3.63, 3.8) is 0 Å². The van der Waals surface area contributed by atoms with E-state index in [4.69, 9.17) is 4.42 Å². The number of fused-ring (bicyclic) bond motifs is 1. The van der Waals surface area contributed by atoms with Crippen molar-refractivity contribution < 1.29 is 4.42 Å². The Balaban J connectivity index is 0.000000293. The van der Waals surface area contributed by atoms with E-state index in [1.807, 2.05) is 18.2 Å². The Hall–Kier alpha value is -1.57. The Morgan fingerprint density at radius 3 is 2.43 bits per heavy atom. The van der Waals surface area contributed by atoms with Gasteiger partial charge in [-0.15, -0.1) is 0 Å². The van der Waals surface area contributed by atoms with Gasteiger partial charge in [-0.2, -0.15) is 0 Å². The molecular formula is C12H14O2. The molecule has 2 nitrogen and oxygen atoms in total. The lowest BCUT2D eigenvalue weighted by molar-refractivity contribution is 0.561. The lowest BCUT2D eigenvalue weighted by Crippen LogP contribution is -1.93. The zero-order chi connectivity index (χ0) is 10.4. The summed E-state index contributed by atoms with van der Waals surface area (Å²) in [6.07, 6.45) is 1.25. The van der Waals surface area contributed by atoms with Crippen LogP contribution < -0.4 is 5.63 Å². The van der Waals surface area contributed by atoms with Gasteiger partial charge in [0, 0.05) is 11.5 Å². The molecule has 0 N–H and O–H groups in total. The summed E-state index contributed by atoms with van der Waals surface area (Å²) in [6, 6.07) is 10.6. The van der Waals surface area contributed by atoms with Crippen LogP contribution in [0.25, 0.3) is 11.0 Å². The molecule has 0 unspecified atom stereocenters. The molecule has 0 saturated heterocycles. The normalized spacial score (nSPS) is 9.29. The summed E-state index contributed by atoms with van der Waals surface area (Å²) in [7, 11) is 0. The third-order valence-corrected chi connectivity index (χ3v) is 1.53. The molecule has 0 aliphatic heterocycles. The largest absolute Gasteiger partial charge is 0.423 e. The highest BCUT2D eigenvalue weighted by Gasteiger charge is 1.92. The Morgan fingerprint density at radius 2 is 1.71 bits per heavy atom. The van der Waals surface area contributed by atoms with Crippen molar-refractivity contribution >= 4 is 11.0 Å². The maximum Gasteiger partial charge on any atom is 0.336 e. The molecule has 1 heterocycles. The molecular weight excluding hydrogens is 176 g/mol. The van der Waals surface area contributed by atoms with Crippen molar-refractivity contribution in [3.05, 3.63) is 46.8 Å². The van der Waals surface area contributed by atoms with Gasteiger partial charge in [0.25, 0.3) is 0 Å². The Labute approximate surface area is 83.2 Å². The highest BCUT2D eigenvalue weighted by atomic mass is 16.4. The summed E-state index contributed by atoms with van der Waals surface area (Å²) in [5, 5.41) is 0.951. The summed E-state index contributed by atoms with van der Waals surface area (Å²) >= 11 is 0. The Bertz CT molecular complexity index is 443. The highest BCUT2D eigenvalue weighted by Crippen LogP contribution is 2.08. The Kier molecular flexibility index (Phi) is 3.92. The summed E-state index contributed by atoms with van der Waals surface area (Å²) < 4.78 is 4.91. The van der Waals surface area contributed by atoms with Crippen molar-refractivity contribution in [2.24, 2.45) is 0 Å². The molecule has 0 atom stereocenters. The lowest BCUT2D eigenvalue weighted by atomic mass is 10.2. The number of benzene rings is 1. The smallest absolute Gasteiger partial charge is 0.336 e. The quantitative estimate of drug-likeness (QED) is 0.597. The van der Waals surface area contributed by atoms with Gasteiger partial charge in [-0.25, -0.2) is 4.79 Å². The number of para-hydroxylation sites is 1. The van der Waals surface area contributed by atoms with E-state index in [1.165, 1.54) is 12.5 Å². The fraction of sp³-hybridized carbons (Fsp3) is 0.250. The van der Waals surface area contributed by atoms with Crippen LogP contribution in [-0.4, -0.2) is 0 Å². The number of rotatable bonds is 0. The molecule has 2 rings (SSSR count).